The molecular weight excluding hydrogens is 432 g/mol. The van der Waals surface area contributed by atoms with E-state index in [1.165, 1.54) is 6.92 Å². The molecule has 1 atom stereocenters. The largest absolute Gasteiger partial charge is 0.463 e. The zero-order valence-electron chi connectivity index (χ0n) is 18.7. The van der Waals surface area contributed by atoms with Crippen LogP contribution in [-0.4, -0.2) is 50.3 Å². The van der Waals surface area contributed by atoms with Crippen molar-refractivity contribution in [3.05, 3.63) is 63.7 Å². The van der Waals surface area contributed by atoms with E-state index in [2.05, 4.69) is 4.72 Å². The Labute approximate surface area is 187 Å². The van der Waals surface area contributed by atoms with E-state index in [0.29, 0.717) is 22.3 Å². The van der Waals surface area contributed by atoms with E-state index in [1.54, 1.807) is 38.1 Å². The predicted octanol–water partition coefficient (Wildman–Crippen LogP) is 2.43. The van der Waals surface area contributed by atoms with Crippen LogP contribution in [0.15, 0.2) is 35.2 Å². The van der Waals surface area contributed by atoms with E-state index in [4.69, 9.17) is 4.74 Å². The molecule has 8 nitrogen and oxygen atoms in total. The fourth-order valence-electron chi connectivity index (χ4n) is 3.73. The highest BCUT2D eigenvalue weighted by molar-refractivity contribution is 7.89. The molecule has 1 aliphatic rings. The van der Waals surface area contributed by atoms with Crippen LogP contribution < -0.4 is 4.72 Å². The molecule has 9 heteroatoms. The molecule has 1 heterocycles. The van der Waals surface area contributed by atoms with Gasteiger partial charge in [-0.1, -0.05) is 18.2 Å². The average Bonchev–Trinajstić information content (AvgIpc) is 2.97. The molecule has 2 aromatic carbocycles. The summed E-state index contributed by atoms with van der Waals surface area (Å²) in [6, 6.07) is 7.23. The van der Waals surface area contributed by atoms with Gasteiger partial charge in [-0.25, -0.2) is 8.42 Å². The summed E-state index contributed by atoms with van der Waals surface area (Å²) in [7, 11) is -3.97. The number of benzene rings is 2. The van der Waals surface area contributed by atoms with Crippen molar-refractivity contribution in [3.63, 3.8) is 0 Å². The molecule has 0 unspecified atom stereocenters. The maximum atomic E-state index is 13.0. The van der Waals surface area contributed by atoms with E-state index >= 15 is 0 Å². The number of aryl methyl sites for hydroxylation is 2. The lowest BCUT2D eigenvalue weighted by Gasteiger charge is -2.19. The summed E-state index contributed by atoms with van der Waals surface area (Å²) in [5.74, 6) is -1.70. The standard InChI is InChI=1S/C23H26N2O6S/c1-13-12-14(2)16(4)20(15(13)3)32(29,30)24-17(5)23(28)31-11-10-25-21(26)18-8-6-7-9-19(18)22(25)27/h6-9,12,17,24H,10-11H2,1-5H3/t17-/m0/s1. The van der Waals surface area contributed by atoms with Crippen LogP contribution in [0.1, 0.15) is 49.9 Å². The molecule has 0 fully saturated rings. The first kappa shape index (κ1) is 23.6. The van der Waals surface area contributed by atoms with Gasteiger partial charge in [0, 0.05) is 0 Å². The van der Waals surface area contributed by atoms with E-state index in [-0.39, 0.29) is 18.0 Å². The lowest BCUT2D eigenvalue weighted by atomic mass is 10.0. The van der Waals surface area contributed by atoms with Gasteiger partial charge in [0.05, 0.1) is 22.6 Å². The molecule has 0 radical (unpaired) electrons. The van der Waals surface area contributed by atoms with Gasteiger partial charge >= 0.3 is 5.97 Å². The van der Waals surface area contributed by atoms with Gasteiger partial charge in [-0.15, -0.1) is 0 Å². The number of rotatable bonds is 7. The number of ether oxygens (including phenoxy) is 1. The van der Waals surface area contributed by atoms with Crippen LogP contribution in [0.25, 0.3) is 0 Å². The predicted molar refractivity (Wildman–Crippen MR) is 118 cm³/mol. The van der Waals surface area contributed by atoms with E-state index in [0.717, 1.165) is 16.0 Å². The van der Waals surface area contributed by atoms with E-state index in [9.17, 15) is 22.8 Å². The quantitative estimate of drug-likeness (QED) is 0.504. The molecule has 1 aliphatic heterocycles. The molecule has 32 heavy (non-hydrogen) atoms. The second kappa shape index (κ2) is 8.84. The second-order valence-electron chi connectivity index (χ2n) is 7.91. The van der Waals surface area contributed by atoms with Gasteiger partial charge in [0.1, 0.15) is 12.6 Å². The molecule has 0 aromatic heterocycles. The zero-order valence-corrected chi connectivity index (χ0v) is 19.5. The number of carbonyl (C=O) groups is 3. The maximum absolute atomic E-state index is 13.0. The molecule has 2 aromatic rings. The lowest BCUT2D eigenvalue weighted by molar-refractivity contribution is -0.145. The van der Waals surface area contributed by atoms with Crippen molar-refractivity contribution < 1.29 is 27.5 Å². The number of carbonyl (C=O) groups excluding carboxylic acids is 3. The first-order valence-electron chi connectivity index (χ1n) is 10.2. The van der Waals surface area contributed by atoms with Crippen LogP contribution in [0.3, 0.4) is 0 Å². The topological polar surface area (TPSA) is 110 Å². The normalized spacial score (nSPS) is 14.5. The molecule has 2 amide bonds. The fourth-order valence-corrected chi connectivity index (χ4v) is 5.54. The summed E-state index contributed by atoms with van der Waals surface area (Å²) >= 11 is 0. The van der Waals surface area contributed by atoms with Gasteiger partial charge in [-0.3, -0.25) is 19.3 Å². The molecule has 0 bridgehead atoms. The Morgan fingerprint density at radius 1 is 1.00 bits per heavy atom. The van der Waals surface area contributed by atoms with E-state index < -0.39 is 33.8 Å². The highest BCUT2D eigenvalue weighted by Crippen LogP contribution is 2.26. The maximum Gasteiger partial charge on any atom is 0.323 e. The summed E-state index contributed by atoms with van der Waals surface area (Å²) in [5, 5.41) is 0. The Kier molecular flexibility index (Phi) is 6.52. The van der Waals surface area contributed by atoms with E-state index in [1.807, 2.05) is 19.9 Å². The molecule has 0 saturated carbocycles. The highest BCUT2D eigenvalue weighted by atomic mass is 32.2. The number of sulfonamides is 1. The molecule has 1 N–H and O–H groups in total. The Morgan fingerprint density at radius 3 is 2.00 bits per heavy atom. The van der Waals surface area contributed by atoms with Crippen molar-refractivity contribution >= 4 is 27.8 Å². The number of fused-ring (bicyclic) bond motifs is 1. The Balaban J connectivity index is 1.63. The van der Waals surface area contributed by atoms with Gasteiger partial charge in [-0.2, -0.15) is 4.72 Å². The number of hydrogen-bond donors (Lipinski definition) is 1. The number of amides is 2. The SMILES string of the molecule is Cc1cc(C)c(C)c(S(=O)(=O)N[C@@H](C)C(=O)OCCN2C(=O)c3ccccc3C2=O)c1C. The van der Waals surface area contributed by atoms with Crippen molar-refractivity contribution in [3.8, 4) is 0 Å². The third kappa shape index (κ3) is 4.31. The summed E-state index contributed by atoms with van der Waals surface area (Å²) in [6.45, 7) is 8.14. The van der Waals surface area contributed by atoms with Crippen LogP contribution in [0.5, 0.6) is 0 Å². The number of nitrogens with zero attached hydrogens (tertiary/aromatic N) is 1. The Bertz CT molecular complexity index is 1160. The minimum atomic E-state index is -3.97. The molecule has 3 rings (SSSR count). The van der Waals surface area contributed by atoms with Crippen molar-refractivity contribution in [1.29, 1.82) is 0 Å². The second-order valence-corrected chi connectivity index (χ2v) is 9.56. The molecule has 170 valence electrons. The summed E-state index contributed by atoms with van der Waals surface area (Å²) in [4.78, 5) is 38.2. The van der Waals surface area contributed by atoms with Crippen molar-refractivity contribution in [1.82, 2.24) is 9.62 Å². The van der Waals surface area contributed by atoms with Gasteiger partial charge in [0.25, 0.3) is 11.8 Å². The first-order valence-corrected chi connectivity index (χ1v) is 11.7. The third-order valence-corrected chi connectivity index (χ3v) is 7.50. The monoisotopic (exact) mass is 458 g/mol. The van der Waals surface area contributed by atoms with Crippen molar-refractivity contribution in [2.75, 3.05) is 13.2 Å². The number of esters is 1. The summed E-state index contributed by atoms with van der Waals surface area (Å²) in [5.41, 5.74) is 3.53. The third-order valence-electron chi connectivity index (χ3n) is 5.69. The minimum Gasteiger partial charge on any atom is -0.463 e. The van der Waals surface area contributed by atoms with Crippen LogP contribution in [0, 0.1) is 27.7 Å². The van der Waals surface area contributed by atoms with Gasteiger partial charge in [0.2, 0.25) is 10.0 Å². The van der Waals surface area contributed by atoms with Crippen LogP contribution >= 0.6 is 0 Å². The van der Waals surface area contributed by atoms with Crippen LogP contribution in [0.4, 0.5) is 0 Å². The van der Waals surface area contributed by atoms with Crippen LogP contribution in [-0.2, 0) is 19.6 Å². The average molecular weight is 459 g/mol. The van der Waals surface area contributed by atoms with Gasteiger partial charge < -0.3 is 4.74 Å². The first-order chi connectivity index (χ1) is 15.0. The zero-order chi connectivity index (χ0) is 23.8. The molecule has 0 spiro atoms. The van der Waals surface area contributed by atoms with Gasteiger partial charge in [-0.05, 0) is 69.0 Å². The number of imide groups is 1. The highest BCUT2D eigenvalue weighted by Gasteiger charge is 2.35. The summed E-state index contributed by atoms with van der Waals surface area (Å²) < 4.78 is 33.5. The Hall–Kier alpha value is -3.04. The van der Waals surface area contributed by atoms with Crippen molar-refractivity contribution in [2.45, 2.75) is 45.6 Å². The lowest BCUT2D eigenvalue weighted by Crippen LogP contribution is -2.41. The minimum absolute atomic E-state index is 0.118. The van der Waals surface area contributed by atoms with Crippen molar-refractivity contribution in [2.24, 2.45) is 0 Å². The fraction of sp³-hybridized carbons (Fsp3) is 0.348. The number of nitrogens with one attached hydrogen (secondary N) is 1. The number of hydrogen-bond acceptors (Lipinski definition) is 6. The van der Waals surface area contributed by atoms with Crippen LogP contribution in [0.2, 0.25) is 0 Å². The molecular formula is C23H26N2O6S. The molecule has 0 saturated heterocycles. The smallest absolute Gasteiger partial charge is 0.323 e. The molecule has 0 aliphatic carbocycles. The summed E-state index contributed by atoms with van der Waals surface area (Å²) in [6.07, 6.45) is 0. The van der Waals surface area contributed by atoms with Gasteiger partial charge in [0.15, 0.2) is 0 Å². The Morgan fingerprint density at radius 2 is 1.50 bits per heavy atom.